The normalized spacial score (nSPS) is 50.1. The first-order valence-corrected chi connectivity index (χ1v) is 13.0. The van der Waals surface area contributed by atoms with Gasteiger partial charge in [-0.05, 0) is 104 Å². The summed E-state index contributed by atoms with van der Waals surface area (Å²) in [5.74, 6) is 3.56. The van der Waals surface area contributed by atoms with Crippen LogP contribution in [0, 0.1) is 52.3 Å². The topological polar surface area (TPSA) is 95.6 Å². The molecule has 0 spiro atoms. The van der Waals surface area contributed by atoms with E-state index in [1.54, 1.807) is 0 Å². The Morgan fingerprint density at radius 3 is 2.42 bits per heavy atom. The lowest BCUT2D eigenvalue weighted by atomic mass is 9.41. The van der Waals surface area contributed by atoms with E-state index in [1.165, 1.54) is 25.7 Å². The summed E-state index contributed by atoms with van der Waals surface area (Å²) < 4.78 is 0. The molecule has 5 nitrogen and oxygen atoms in total. The third-order valence-electron chi connectivity index (χ3n) is 11.0. The molecule has 5 heteroatoms. The van der Waals surface area contributed by atoms with Crippen molar-refractivity contribution in [2.75, 3.05) is 6.54 Å². The zero-order chi connectivity index (χ0) is 22.6. The SMILES string of the molecule is CC[C@H]1[C@@H](O)C2[C@H](CC[C@]3(C)C([C@H](C)CCNC(N)=O)CC[C@@H]23)[C@@]2(C)CC[C@@H](O)C[C@@H]12. The molecule has 178 valence electrons. The van der Waals surface area contributed by atoms with Crippen molar-refractivity contribution in [2.45, 2.75) is 97.7 Å². The minimum atomic E-state index is -0.431. The molecule has 11 atom stereocenters. The lowest BCUT2D eigenvalue weighted by molar-refractivity contribution is -0.203. The molecule has 0 bridgehead atoms. The van der Waals surface area contributed by atoms with Crippen LogP contribution in [-0.2, 0) is 0 Å². The van der Waals surface area contributed by atoms with Crippen LogP contribution in [-0.4, -0.2) is 35.0 Å². The van der Waals surface area contributed by atoms with Crippen LogP contribution < -0.4 is 11.1 Å². The molecule has 0 aromatic carbocycles. The van der Waals surface area contributed by atoms with Gasteiger partial charge in [0.1, 0.15) is 0 Å². The summed E-state index contributed by atoms with van der Waals surface area (Å²) in [6, 6.07) is -0.431. The number of urea groups is 1. The van der Waals surface area contributed by atoms with E-state index in [9.17, 15) is 15.0 Å². The van der Waals surface area contributed by atoms with Crippen LogP contribution >= 0.6 is 0 Å². The highest BCUT2D eigenvalue weighted by Crippen LogP contribution is 2.69. The van der Waals surface area contributed by atoms with Crippen molar-refractivity contribution in [3.8, 4) is 0 Å². The second-order valence-corrected chi connectivity index (χ2v) is 12.2. The number of hydrogen-bond acceptors (Lipinski definition) is 3. The van der Waals surface area contributed by atoms with E-state index in [4.69, 9.17) is 5.73 Å². The monoisotopic (exact) mass is 434 g/mol. The molecule has 0 aromatic heterocycles. The fraction of sp³-hybridized carbons (Fsp3) is 0.962. The van der Waals surface area contributed by atoms with Crippen molar-refractivity contribution in [3.63, 3.8) is 0 Å². The third-order valence-corrected chi connectivity index (χ3v) is 11.0. The van der Waals surface area contributed by atoms with Gasteiger partial charge in [-0.1, -0.05) is 34.1 Å². The van der Waals surface area contributed by atoms with Gasteiger partial charge in [-0.2, -0.15) is 0 Å². The lowest BCUT2D eigenvalue weighted by Crippen LogP contribution is -2.62. The Morgan fingerprint density at radius 1 is 1.06 bits per heavy atom. The maximum Gasteiger partial charge on any atom is 0.312 e. The van der Waals surface area contributed by atoms with Crippen molar-refractivity contribution >= 4 is 6.03 Å². The lowest BCUT2D eigenvalue weighted by Gasteiger charge is -2.64. The number of fused-ring (bicyclic) bond motifs is 5. The van der Waals surface area contributed by atoms with Gasteiger partial charge in [0.25, 0.3) is 0 Å². The minimum Gasteiger partial charge on any atom is -0.393 e. The first-order chi connectivity index (χ1) is 14.6. The molecular weight excluding hydrogens is 388 g/mol. The highest BCUT2D eigenvalue weighted by Gasteiger charge is 2.64. The Labute approximate surface area is 188 Å². The predicted molar refractivity (Wildman–Crippen MR) is 123 cm³/mol. The van der Waals surface area contributed by atoms with Crippen molar-refractivity contribution in [1.82, 2.24) is 5.32 Å². The molecule has 4 saturated carbocycles. The molecule has 2 unspecified atom stereocenters. The maximum absolute atomic E-state index is 11.7. The van der Waals surface area contributed by atoms with Crippen LogP contribution in [0.25, 0.3) is 0 Å². The van der Waals surface area contributed by atoms with E-state index in [0.29, 0.717) is 48.0 Å². The molecule has 0 radical (unpaired) electrons. The van der Waals surface area contributed by atoms with Gasteiger partial charge in [-0.3, -0.25) is 0 Å². The number of rotatable bonds is 5. The Morgan fingerprint density at radius 2 is 1.74 bits per heavy atom. The molecule has 4 aliphatic carbocycles. The van der Waals surface area contributed by atoms with Crippen molar-refractivity contribution < 1.29 is 15.0 Å². The molecule has 4 aliphatic rings. The number of carbonyl (C=O) groups excluding carboxylic acids is 1. The number of amides is 2. The van der Waals surface area contributed by atoms with Crippen LogP contribution in [0.2, 0.25) is 0 Å². The Bertz CT molecular complexity index is 671. The molecule has 4 rings (SSSR count). The fourth-order valence-corrected chi connectivity index (χ4v) is 9.56. The van der Waals surface area contributed by atoms with Crippen LogP contribution in [0.3, 0.4) is 0 Å². The van der Waals surface area contributed by atoms with E-state index in [2.05, 4.69) is 33.0 Å². The Hall–Kier alpha value is -0.810. The highest BCUT2D eigenvalue weighted by molar-refractivity contribution is 5.71. The number of primary amides is 1. The van der Waals surface area contributed by atoms with Crippen LogP contribution in [0.5, 0.6) is 0 Å². The molecule has 2 amide bonds. The zero-order valence-electron chi connectivity index (χ0n) is 20.1. The summed E-state index contributed by atoms with van der Waals surface area (Å²) in [5.41, 5.74) is 5.81. The molecular formula is C26H46N2O3. The van der Waals surface area contributed by atoms with E-state index in [0.717, 1.165) is 32.1 Å². The van der Waals surface area contributed by atoms with Gasteiger partial charge in [0.05, 0.1) is 12.2 Å². The Kier molecular flexibility index (Phi) is 6.42. The fourth-order valence-electron chi connectivity index (χ4n) is 9.56. The third kappa shape index (κ3) is 3.72. The van der Waals surface area contributed by atoms with E-state index in [-0.39, 0.29) is 23.0 Å². The number of carbonyl (C=O) groups is 1. The standard InChI is InChI=1S/C26H46N2O3/c1-5-17-21-14-16(29)8-11-26(21,4)20-9-12-25(3)18(15(2)10-13-28-24(27)31)6-7-19(25)22(20)23(17)30/h15-23,29-30H,5-14H2,1-4H3,(H3,27,28,31)/t15-,16-,17-,18?,19+,20+,21+,22?,23-,25-,26-/m1/s1. The number of nitrogens with two attached hydrogens (primary N) is 1. The smallest absolute Gasteiger partial charge is 0.312 e. The molecule has 31 heavy (non-hydrogen) atoms. The molecule has 0 aliphatic heterocycles. The summed E-state index contributed by atoms with van der Waals surface area (Å²) in [6.45, 7) is 10.3. The molecule has 0 heterocycles. The van der Waals surface area contributed by atoms with Crippen molar-refractivity contribution in [3.05, 3.63) is 0 Å². The van der Waals surface area contributed by atoms with E-state index >= 15 is 0 Å². The molecule has 0 aromatic rings. The van der Waals surface area contributed by atoms with Gasteiger partial charge in [0.2, 0.25) is 0 Å². The van der Waals surface area contributed by atoms with Gasteiger partial charge in [0.15, 0.2) is 0 Å². The summed E-state index contributed by atoms with van der Waals surface area (Å²) in [6.07, 6.45) is 9.44. The van der Waals surface area contributed by atoms with Gasteiger partial charge in [-0.15, -0.1) is 0 Å². The second-order valence-electron chi connectivity index (χ2n) is 12.2. The zero-order valence-corrected chi connectivity index (χ0v) is 20.1. The predicted octanol–water partition coefficient (Wildman–Crippen LogP) is 4.31. The number of hydrogen-bond donors (Lipinski definition) is 4. The molecule has 5 N–H and O–H groups in total. The molecule has 0 saturated heterocycles. The Balaban J connectivity index is 1.57. The summed E-state index contributed by atoms with van der Waals surface area (Å²) in [7, 11) is 0. The number of nitrogens with one attached hydrogen (secondary N) is 1. The van der Waals surface area contributed by atoms with Gasteiger partial charge >= 0.3 is 6.03 Å². The maximum atomic E-state index is 11.7. The van der Waals surface area contributed by atoms with Crippen molar-refractivity contribution in [2.24, 2.45) is 58.0 Å². The summed E-state index contributed by atoms with van der Waals surface area (Å²) in [4.78, 5) is 11.1. The quantitative estimate of drug-likeness (QED) is 0.519. The van der Waals surface area contributed by atoms with Gasteiger partial charge in [-0.25, -0.2) is 4.79 Å². The highest BCUT2D eigenvalue weighted by atomic mass is 16.3. The van der Waals surface area contributed by atoms with Gasteiger partial charge in [0, 0.05) is 6.54 Å². The number of aliphatic hydroxyl groups is 2. The average Bonchev–Trinajstić information content (AvgIpc) is 3.06. The average molecular weight is 435 g/mol. The summed E-state index contributed by atoms with van der Waals surface area (Å²) >= 11 is 0. The molecule has 4 fully saturated rings. The summed E-state index contributed by atoms with van der Waals surface area (Å²) in [5, 5.41) is 25.0. The van der Waals surface area contributed by atoms with Crippen LogP contribution in [0.15, 0.2) is 0 Å². The van der Waals surface area contributed by atoms with E-state index < -0.39 is 6.03 Å². The number of aliphatic hydroxyl groups excluding tert-OH is 2. The van der Waals surface area contributed by atoms with E-state index in [1.807, 2.05) is 0 Å². The van der Waals surface area contributed by atoms with Gasteiger partial charge < -0.3 is 21.3 Å². The minimum absolute atomic E-state index is 0.185. The largest absolute Gasteiger partial charge is 0.393 e. The first-order valence-electron chi connectivity index (χ1n) is 13.0. The van der Waals surface area contributed by atoms with Crippen LogP contribution in [0.4, 0.5) is 4.79 Å². The first kappa shape index (κ1) is 23.4. The van der Waals surface area contributed by atoms with Crippen molar-refractivity contribution in [1.29, 1.82) is 0 Å². The van der Waals surface area contributed by atoms with Crippen LogP contribution in [0.1, 0.15) is 85.5 Å². The second kappa shape index (κ2) is 8.52.